The van der Waals surface area contributed by atoms with Gasteiger partial charge in [0.15, 0.2) is 5.13 Å². The molecule has 82 valence electrons. The van der Waals surface area contributed by atoms with E-state index in [9.17, 15) is 4.79 Å². The molecule has 0 saturated heterocycles. The van der Waals surface area contributed by atoms with Crippen LogP contribution in [-0.4, -0.2) is 10.9 Å². The molecule has 16 heavy (non-hydrogen) atoms. The van der Waals surface area contributed by atoms with Crippen LogP contribution in [0.2, 0.25) is 0 Å². The molecule has 5 heteroatoms. The van der Waals surface area contributed by atoms with E-state index in [4.69, 9.17) is 0 Å². The molecule has 0 atom stereocenters. The lowest BCUT2D eigenvalue weighted by molar-refractivity contribution is -0.114. The van der Waals surface area contributed by atoms with Gasteiger partial charge in [0.2, 0.25) is 5.91 Å². The van der Waals surface area contributed by atoms with Crippen LogP contribution in [0.15, 0.2) is 34.1 Å². The van der Waals surface area contributed by atoms with Gasteiger partial charge in [0, 0.05) is 22.3 Å². The SMILES string of the molecule is CC(=O)Nc1nc(-c2cccc(Br)c2)cs1. The summed E-state index contributed by atoms with van der Waals surface area (Å²) in [6.45, 7) is 1.47. The average Bonchev–Trinajstić information content (AvgIpc) is 2.65. The highest BCUT2D eigenvalue weighted by atomic mass is 79.9. The van der Waals surface area contributed by atoms with E-state index >= 15 is 0 Å². The van der Waals surface area contributed by atoms with Gasteiger partial charge < -0.3 is 5.32 Å². The van der Waals surface area contributed by atoms with Gasteiger partial charge in [0.1, 0.15) is 0 Å². The third-order valence-electron chi connectivity index (χ3n) is 1.91. The maximum atomic E-state index is 10.9. The molecule has 0 aliphatic heterocycles. The largest absolute Gasteiger partial charge is 0.302 e. The average molecular weight is 297 g/mol. The maximum Gasteiger partial charge on any atom is 0.223 e. The van der Waals surface area contributed by atoms with E-state index in [0.717, 1.165) is 15.7 Å². The Labute approximate surface area is 106 Å². The molecular weight excluding hydrogens is 288 g/mol. The summed E-state index contributed by atoms with van der Waals surface area (Å²) in [6.07, 6.45) is 0. The fourth-order valence-electron chi connectivity index (χ4n) is 1.26. The Bertz CT molecular complexity index is 524. The molecule has 0 aliphatic carbocycles. The summed E-state index contributed by atoms with van der Waals surface area (Å²) in [6, 6.07) is 7.89. The number of thiazole rings is 1. The molecule has 0 radical (unpaired) electrons. The minimum atomic E-state index is -0.102. The summed E-state index contributed by atoms with van der Waals surface area (Å²) in [5, 5.41) is 5.22. The molecule has 1 heterocycles. The van der Waals surface area contributed by atoms with Crippen molar-refractivity contribution in [2.75, 3.05) is 5.32 Å². The van der Waals surface area contributed by atoms with Crippen molar-refractivity contribution in [2.45, 2.75) is 6.92 Å². The molecule has 0 aliphatic rings. The van der Waals surface area contributed by atoms with Gasteiger partial charge in [0.05, 0.1) is 5.69 Å². The van der Waals surface area contributed by atoms with Crippen molar-refractivity contribution in [3.8, 4) is 11.3 Å². The fraction of sp³-hybridized carbons (Fsp3) is 0.0909. The number of carbonyl (C=O) groups is 1. The molecule has 0 saturated carbocycles. The Morgan fingerprint density at radius 3 is 3.00 bits per heavy atom. The first-order valence-electron chi connectivity index (χ1n) is 4.64. The zero-order chi connectivity index (χ0) is 11.5. The van der Waals surface area contributed by atoms with Gasteiger partial charge in [-0.1, -0.05) is 28.1 Å². The number of nitrogens with zero attached hydrogens (tertiary/aromatic N) is 1. The number of anilines is 1. The predicted octanol–water partition coefficient (Wildman–Crippen LogP) is 3.53. The van der Waals surface area contributed by atoms with Crippen molar-refractivity contribution >= 4 is 38.3 Å². The van der Waals surface area contributed by atoms with Crippen molar-refractivity contribution in [1.82, 2.24) is 4.98 Å². The first-order valence-corrected chi connectivity index (χ1v) is 6.31. The number of nitrogens with one attached hydrogen (secondary N) is 1. The van der Waals surface area contributed by atoms with E-state index in [1.807, 2.05) is 29.6 Å². The van der Waals surface area contributed by atoms with Gasteiger partial charge in [-0.15, -0.1) is 11.3 Å². The molecule has 0 spiro atoms. The lowest BCUT2D eigenvalue weighted by Gasteiger charge is -1.97. The topological polar surface area (TPSA) is 42.0 Å². The molecule has 0 bridgehead atoms. The number of aromatic nitrogens is 1. The van der Waals surface area contributed by atoms with Crippen molar-refractivity contribution in [1.29, 1.82) is 0 Å². The summed E-state index contributed by atoms with van der Waals surface area (Å²) in [5.41, 5.74) is 1.90. The number of hydrogen-bond acceptors (Lipinski definition) is 3. The van der Waals surface area contributed by atoms with Crippen LogP contribution >= 0.6 is 27.3 Å². The third kappa shape index (κ3) is 2.68. The highest BCUT2D eigenvalue weighted by molar-refractivity contribution is 9.10. The van der Waals surface area contributed by atoms with Gasteiger partial charge in [-0.05, 0) is 12.1 Å². The molecular formula is C11H9BrN2OS. The van der Waals surface area contributed by atoms with Crippen molar-refractivity contribution < 1.29 is 4.79 Å². The van der Waals surface area contributed by atoms with E-state index in [-0.39, 0.29) is 5.91 Å². The Hall–Kier alpha value is -1.20. The maximum absolute atomic E-state index is 10.9. The quantitative estimate of drug-likeness (QED) is 0.921. The number of halogens is 1. The first-order chi connectivity index (χ1) is 7.65. The van der Waals surface area contributed by atoms with Crippen LogP contribution in [0.1, 0.15) is 6.92 Å². The van der Waals surface area contributed by atoms with Gasteiger partial charge in [-0.2, -0.15) is 0 Å². The highest BCUT2D eigenvalue weighted by Crippen LogP contribution is 2.26. The van der Waals surface area contributed by atoms with E-state index < -0.39 is 0 Å². The van der Waals surface area contributed by atoms with E-state index in [1.165, 1.54) is 18.3 Å². The monoisotopic (exact) mass is 296 g/mol. The highest BCUT2D eigenvalue weighted by Gasteiger charge is 2.05. The molecule has 1 aromatic carbocycles. The lowest BCUT2D eigenvalue weighted by atomic mass is 10.2. The summed E-state index contributed by atoms with van der Waals surface area (Å²) in [4.78, 5) is 15.2. The number of rotatable bonds is 2. The second-order valence-corrected chi connectivity index (χ2v) is 5.00. The molecule has 2 rings (SSSR count). The Morgan fingerprint density at radius 2 is 2.31 bits per heavy atom. The number of amides is 1. The number of carbonyl (C=O) groups excluding carboxylic acids is 1. The summed E-state index contributed by atoms with van der Waals surface area (Å²) in [7, 11) is 0. The summed E-state index contributed by atoms with van der Waals surface area (Å²) < 4.78 is 1.01. The molecule has 0 fully saturated rings. The van der Waals surface area contributed by atoms with E-state index in [0.29, 0.717) is 5.13 Å². The van der Waals surface area contributed by atoms with Crippen LogP contribution in [0.4, 0.5) is 5.13 Å². The van der Waals surface area contributed by atoms with Gasteiger partial charge in [-0.3, -0.25) is 4.79 Å². The predicted molar refractivity (Wildman–Crippen MR) is 69.6 cm³/mol. The zero-order valence-electron chi connectivity index (χ0n) is 8.53. The minimum absolute atomic E-state index is 0.102. The van der Waals surface area contributed by atoms with Crippen LogP contribution in [0.3, 0.4) is 0 Å². The fourth-order valence-corrected chi connectivity index (χ4v) is 2.43. The summed E-state index contributed by atoms with van der Waals surface area (Å²) >= 11 is 4.83. The van der Waals surface area contributed by atoms with Crippen LogP contribution in [0.5, 0.6) is 0 Å². The zero-order valence-corrected chi connectivity index (χ0v) is 10.9. The second kappa shape index (κ2) is 4.76. The Balaban J connectivity index is 2.28. The number of hydrogen-bond donors (Lipinski definition) is 1. The van der Waals surface area contributed by atoms with E-state index in [2.05, 4.69) is 26.2 Å². The van der Waals surface area contributed by atoms with Gasteiger partial charge in [0.25, 0.3) is 0 Å². The molecule has 1 N–H and O–H groups in total. The molecule has 0 unspecified atom stereocenters. The lowest BCUT2D eigenvalue weighted by Crippen LogP contribution is -2.04. The molecule has 2 aromatic rings. The number of benzene rings is 1. The molecule has 1 amide bonds. The van der Waals surface area contributed by atoms with Crippen LogP contribution < -0.4 is 5.32 Å². The summed E-state index contributed by atoms with van der Waals surface area (Å²) in [5.74, 6) is -0.102. The van der Waals surface area contributed by atoms with E-state index in [1.54, 1.807) is 0 Å². The van der Waals surface area contributed by atoms with Crippen molar-refractivity contribution in [3.63, 3.8) is 0 Å². The molecule has 3 nitrogen and oxygen atoms in total. The van der Waals surface area contributed by atoms with Gasteiger partial charge in [-0.25, -0.2) is 4.98 Å². The first kappa shape index (κ1) is 11.3. The Morgan fingerprint density at radius 1 is 1.50 bits per heavy atom. The second-order valence-electron chi connectivity index (χ2n) is 3.23. The Kier molecular flexibility index (Phi) is 3.36. The minimum Gasteiger partial charge on any atom is -0.302 e. The van der Waals surface area contributed by atoms with Crippen LogP contribution in [0.25, 0.3) is 11.3 Å². The molecule has 1 aromatic heterocycles. The normalized spacial score (nSPS) is 10.1. The smallest absolute Gasteiger partial charge is 0.223 e. The van der Waals surface area contributed by atoms with Gasteiger partial charge >= 0.3 is 0 Å². The van der Waals surface area contributed by atoms with Crippen LogP contribution in [0, 0.1) is 0 Å². The van der Waals surface area contributed by atoms with Crippen molar-refractivity contribution in [2.24, 2.45) is 0 Å². The van der Waals surface area contributed by atoms with Crippen LogP contribution in [-0.2, 0) is 4.79 Å². The van der Waals surface area contributed by atoms with Crippen molar-refractivity contribution in [3.05, 3.63) is 34.1 Å². The standard InChI is InChI=1S/C11H9BrN2OS/c1-7(15)13-11-14-10(6-16-11)8-3-2-4-9(12)5-8/h2-6H,1H3,(H,13,14,15). The third-order valence-corrected chi connectivity index (χ3v) is 3.16.